The van der Waals surface area contributed by atoms with Crippen LogP contribution < -0.4 is 4.74 Å². The Balaban J connectivity index is 0.000000423. The number of likely N-dealkylation sites (tertiary alicyclic amines) is 2. The monoisotopic (exact) mass is 446 g/mol. The lowest BCUT2D eigenvalue weighted by Crippen LogP contribution is -2.44. The number of alkyl halides is 3. The van der Waals surface area contributed by atoms with E-state index in [1.165, 1.54) is 6.42 Å². The summed E-state index contributed by atoms with van der Waals surface area (Å²) in [4.78, 5) is 26.0. The van der Waals surface area contributed by atoms with Crippen molar-refractivity contribution in [3.05, 3.63) is 29.8 Å². The second-order valence-electron chi connectivity index (χ2n) is 8.05. The lowest BCUT2D eigenvalue weighted by atomic mass is 9.76. The Morgan fingerprint density at radius 2 is 1.71 bits per heavy atom. The topological polar surface area (TPSA) is 79.3 Å². The molecule has 1 N–H and O–H groups in total. The first-order valence-corrected chi connectivity index (χ1v) is 9.94. The Labute approximate surface area is 179 Å². The normalized spacial score (nSPS) is 20.8. The molecule has 2 aliphatic rings. The van der Waals surface area contributed by atoms with Gasteiger partial charge in [-0.1, -0.05) is 0 Å². The Morgan fingerprint density at radius 3 is 2.16 bits per heavy atom. The third kappa shape index (κ3) is 6.57. The minimum Gasteiger partial charge on any atom is -0.497 e. The number of carboxylic acid groups (broad SMARTS) is 1. The van der Waals surface area contributed by atoms with Crippen LogP contribution in [0.15, 0.2) is 24.3 Å². The Morgan fingerprint density at radius 1 is 1.16 bits per heavy atom. The Kier molecular flexibility index (Phi) is 8.30. The van der Waals surface area contributed by atoms with Crippen LogP contribution in [-0.4, -0.2) is 86.5 Å². The Bertz CT molecular complexity index is 746. The molecule has 2 aliphatic heterocycles. The molecule has 1 aromatic carbocycles. The van der Waals surface area contributed by atoms with Crippen molar-refractivity contribution in [3.63, 3.8) is 0 Å². The van der Waals surface area contributed by atoms with Gasteiger partial charge in [0.15, 0.2) is 0 Å². The van der Waals surface area contributed by atoms with Crippen molar-refractivity contribution < 1.29 is 37.3 Å². The summed E-state index contributed by atoms with van der Waals surface area (Å²) in [6, 6.07) is 7.91. The smallest absolute Gasteiger partial charge is 0.490 e. The summed E-state index contributed by atoms with van der Waals surface area (Å²) in [5.41, 5.74) is 1.10. The zero-order valence-electron chi connectivity index (χ0n) is 17.9. The second kappa shape index (κ2) is 10.3. The van der Waals surface area contributed by atoms with E-state index in [1.54, 1.807) is 14.2 Å². The predicted octanol–water partition coefficient (Wildman–Crippen LogP) is 2.90. The van der Waals surface area contributed by atoms with E-state index >= 15 is 0 Å². The van der Waals surface area contributed by atoms with Crippen LogP contribution in [-0.2, 0) is 9.53 Å². The number of hydrogen-bond acceptors (Lipinski definition) is 5. The highest BCUT2D eigenvalue weighted by atomic mass is 19.4. The van der Waals surface area contributed by atoms with Crippen LogP contribution in [0.2, 0.25) is 0 Å². The van der Waals surface area contributed by atoms with Crippen LogP contribution in [0, 0.1) is 5.41 Å². The van der Waals surface area contributed by atoms with Gasteiger partial charge in [-0.15, -0.1) is 0 Å². The molecule has 10 heteroatoms. The maximum Gasteiger partial charge on any atom is 0.490 e. The van der Waals surface area contributed by atoms with Crippen molar-refractivity contribution in [3.8, 4) is 5.75 Å². The zero-order valence-corrected chi connectivity index (χ0v) is 17.9. The van der Waals surface area contributed by atoms with Crippen LogP contribution in [0.4, 0.5) is 13.2 Å². The van der Waals surface area contributed by atoms with E-state index in [9.17, 15) is 18.0 Å². The second-order valence-corrected chi connectivity index (χ2v) is 8.05. The highest BCUT2D eigenvalue weighted by Crippen LogP contribution is 2.43. The van der Waals surface area contributed by atoms with Crippen LogP contribution in [0.3, 0.4) is 0 Å². The maximum absolute atomic E-state index is 12.7. The number of ether oxygens (including phenoxy) is 2. The third-order valence-corrected chi connectivity index (χ3v) is 5.93. The van der Waals surface area contributed by atoms with Crippen LogP contribution >= 0.6 is 0 Å². The van der Waals surface area contributed by atoms with Gasteiger partial charge in [-0.25, -0.2) is 4.79 Å². The molecule has 1 unspecified atom stereocenters. The molecule has 2 heterocycles. The van der Waals surface area contributed by atoms with E-state index < -0.39 is 12.1 Å². The van der Waals surface area contributed by atoms with Gasteiger partial charge in [-0.2, -0.15) is 13.2 Å². The number of nitrogens with zero attached hydrogens (tertiary/aromatic N) is 2. The number of piperidine rings is 1. The number of rotatable bonds is 4. The average molecular weight is 446 g/mol. The molecule has 1 spiro atoms. The first kappa shape index (κ1) is 24.9. The molecule has 1 amide bonds. The van der Waals surface area contributed by atoms with Crippen LogP contribution in [0.1, 0.15) is 29.6 Å². The van der Waals surface area contributed by atoms with E-state index in [2.05, 4.69) is 11.9 Å². The fourth-order valence-corrected chi connectivity index (χ4v) is 4.22. The molecule has 0 radical (unpaired) electrons. The van der Waals surface area contributed by atoms with Crippen molar-refractivity contribution in [2.45, 2.75) is 31.5 Å². The molecule has 3 rings (SSSR count). The maximum atomic E-state index is 12.7. The molecule has 1 atom stereocenters. The number of benzene rings is 1. The van der Waals surface area contributed by atoms with Gasteiger partial charge in [-0.3, -0.25) is 4.79 Å². The van der Waals surface area contributed by atoms with Gasteiger partial charge in [0.2, 0.25) is 0 Å². The summed E-state index contributed by atoms with van der Waals surface area (Å²) in [6.45, 7) is 3.61. The lowest BCUT2D eigenvalue weighted by Gasteiger charge is -2.39. The van der Waals surface area contributed by atoms with Gasteiger partial charge in [0.05, 0.1) is 13.7 Å². The molecule has 0 saturated carbocycles. The molecule has 0 aromatic heterocycles. The first-order chi connectivity index (χ1) is 14.5. The standard InChI is InChI=1S/C19H28N2O3.C2HF3O2/c1-20-14-19(12-16(20)13-23-2)8-10-21(11-9-19)18(22)15-4-6-17(24-3)7-5-15;3-2(4,5)1(6)7/h4-7,16H,8-14H2,1-3H3;(H,6,7). The molecule has 2 fully saturated rings. The van der Waals surface area contributed by atoms with Crippen molar-refractivity contribution in [2.75, 3.05) is 47.5 Å². The summed E-state index contributed by atoms with van der Waals surface area (Å²) in [5, 5.41) is 7.12. The molecule has 31 heavy (non-hydrogen) atoms. The first-order valence-electron chi connectivity index (χ1n) is 9.94. The largest absolute Gasteiger partial charge is 0.497 e. The summed E-state index contributed by atoms with van der Waals surface area (Å²) in [6.07, 6.45) is -1.74. The number of hydrogen-bond donors (Lipinski definition) is 1. The fourth-order valence-electron chi connectivity index (χ4n) is 4.22. The summed E-state index contributed by atoms with van der Waals surface area (Å²) in [7, 11) is 5.60. The van der Waals surface area contributed by atoms with Gasteiger partial charge in [0.25, 0.3) is 5.91 Å². The number of carbonyl (C=O) groups excluding carboxylic acids is 1. The highest BCUT2D eigenvalue weighted by Gasteiger charge is 2.44. The fraction of sp³-hybridized carbons (Fsp3) is 0.619. The summed E-state index contributed by atoms with van der Waals surface area (Å²) < 4.78 is 42.2. The number of likely N-dealkylation sites (N-methyl/N-ethyl adjacent to an activating group) is 1. The van der Waals surface area contributed by atoms with Gasteiger partial charge in [0.1, 0.15) is 5.75 Å². The van der Waals surface area contributed by atoms with Gasteiger partial charge in [-0.05, 0) is 56.0 Å². The molecule has 0 bridgehead atoms. The van der Waals surface area contributed by atoms with E-state index in [-0.39, 0.29) is 5.91 Å². The van der Waals surface area contributed by atoms with Gasteiger partial charge >= 0.3 is 12.1 Å². The van der Waals surface area contributed by atoms with Crippen LogP contribution in [0.5, 0.6) is 5.75 Å². The van der Waals surface area contributed by atoms with Crippen molar-refractivity contribution in [2.24, 2.45) is 5.41 Å². The van der Waals surface area contributed by atoms with E-state index in [4.69, 9.17) is 19.4 Å². The van der Waals surface area contributed by atoms with Gasteiger partial charge in [0, 0.05) is 38.3 Å². The number of halogens is 3. The summed E-state index contributed by atoms with van der Waals surface area (Å²) in [5.74, 6) is -1.85. The molecule has 1 aromatic rings. The van der Waals surface area contributed by atoms with Crippen molar-refractivity contribution in [1.82, 2.24) is 9.80 Å². The molecule has 7 nitrogen and oxygen atoms in total. The SMILES string of the molecule is COCC1CC2(CCN(C(=O)c3ccc(OC)cc3)CC2)CN1C.O=C(O)C(F)(F)F. The molecule has 174 valence electrons. The minimum atomic E-state index is -5.08. The molecular weight excluding hydrogens is 417 g/mol. The van der Waals surface area contributed by atoms with Crippen molar-refractivity contribution in [1.29, 1.82) is 0 Å². The van der Waals surface area contributed by atoms with Crippen molar-refractivity contribution >= 4 is 11.9 Å². The predicted molar refractivity (Wildman–Crippen MR) is 107 cm³/mol. The molecule has 0 aliphatic carbocycles. The van der Waals surface area contributed by atoms with E-state index in [0.717, 1.165) is 50.4 Å². The lowest BCUT2D eigenvalue weighted by molar-refractivity contribution is -0.192. The van der Waals surface area contributed by atoms with Crippen LogP contribution in [0.25, 0.3) is 0 Å². The number of carbonyl (C=O) groups is 2. The number of aliphatic carboxylic acids is 1. The van der Waals surface area contributed by atoms with E-state index in [0.29, 0.717) is 11.5 Å². The summed E-state index contributed by atoms with van der Waals surface area (Å²) >= 11 is 0. The third-order valence-electron chi connectivity index (χ3n) is 5.93. The number of methoxy groups -OCH3 is 2. The average Bonchev–Trinajstić information content (AvgIpc) is 3.03. The highest BCUT2D eigenvalue weighted by molar-refractivity contribution is 5.94. The number of amides is 1. The van der Waals surface area contributed by atoms with E-state index in [1.807, 2.05) is 29.2 Å². The quantitative estimate of drug-likeness (QED) is 0.766. The van der Waals surface area contributed by atoms with Gasteiger partial charge < -0.3 is 24.4 Å². The number of carboxylic acids is 1. The molecular formula is C21H29F3N2O5. The zero-order chi connectivity index (χ0) is 23.2. The minimum absolute atomic E-state index is 0.132. The molecule has 2 saturated heterocycles. The Hall–Kier alpha value is -2.33.